The number of carbonyl (C=O) groups is 1. The van der Waals surface area contributed by atoms with Crippen LogP contribution in [0.1, 0.15) is 41.8 Å². The molecule has 3 aromatic rings. The Hall–Kier alpha value is -3.28. The third-order valence-corrected chi connectivity index (χ3v) is 4.15. The fourth-order valence-electron chi connectivity index (χ4n) is 2.71. The molecule has 0 spiro atoms. The summed E-state index contributed by atoms with van der Waals surface area (Å²) in [6.45, 7) is 4.73. The fraction of sp³-hybridized carbons (Fsp3) is 0.238. The summed E-state index contributed by atoms with van der Waals surface area (Å²) in [6.07, 6.45) is 1.68. The van der Waals surface area contributed by atoms with Crippen molar-refractivity contribution in [1.29, 1.82) is 0 Å². The Morgan fingerprint density at radius 1 is 1.15 bits per heavy atom. The minimum absolute atomic E-state index is 0.121. The monoisotopic (exact) mass is 366 g/mol. The zero-order valence-electron chi connectivity index (χ0n) is 15.3. The van der Waals surface area contributed by atoms with E-state index in [4.69, 9.17) is 9.15 Å². The van der Waals surface area contributed by atoms with Gasteiger partial charge in [-0.25, -0.2) is 0 Å². The Balaban J connectivity index is 1.63. The van der Waals surface area contributed by atoms with Crippen LogP contribution in [0.15, 0.2) is 70.0 Å². The smallest absolute Gasteiger partial charge is 0.287 e. The second kappa shape index (κ2) is 8.40. The fourth-order valence-corrected chi connectivity index (χ4v) is 2.71. The van der Waals surface area contributed by atoms with Crippen LogP contribution in [0.3, 0.4) is 0 Å². The van der Waals surface area contributed by atoms with E-state index in [9.17, 15) is 9.59 Å². The zero-order chi connectivity index (χ0) is 19.2. The number of pyridine rings is 1. The van der Waals surface area contributed by atoms with E-state index in [0.29, 0.717) is 12.4 Å². The first-order valence-electron chi connectivity index (χ1n) is 8.84. The van der Waals surface area contributed by atoms with Crippen molar-refractivity contribution < 1.29 is 13.9 Å². The molecular formula is C21H22N2O4. The number of hydrogen-bond acceptors (Lipinski definition) is 4. The topological polar surface area (TPSA) is 73.5 Å². The lowest BCUT2D eigenvalue weighted by Gasteiger charge is -2.14. The number of aromatic nitrogens is 1. The molecule has 2 heterocycles. The number of nitrogens with one attached hydrogen (secondary N) is 1. The zero-order valence-corrected chi connectivity index (χ0v) is 15.3. The van der Waals surface area contributed by atoms with E-state index >= 15 is 0 Å². The van der Waals surface area contributed by atoms with Gasteiger partial charge in [-0.1, -0.05) is 18.2 Å². The number of carbonyl (C=O) groups excluding carboxylic acids is 1. The molecule has 6 nitrogen and oxygen atoms in total. The van der Waals surface area contributed by atoms with Crippen molar-refractivity contribution in [2.75, 3.05) is 6.61 Å². The van der Waals surface area contributed by atoms with E-state index in [2.05, 4.69) is 5.32 Å². The maximum Gasteiger partial charge on any atom is 0.287 e. The van der Waals surface area contributed by atoms with E-state index in [-0.39, 0.29) is 29.8 Å². The summed E-state index contributed by atoms with van der Waals surface area (Å²) in [6, 6.07) is 15.7. The molecule has 6 heteroatoms. The van der Waals surface area contributed by atoms with Crippen molar-refractivity contribution in [3.8, 4) is 5.75 Å². The summed E-state index contributed by atoms with van der Waals surface area (Å²) in [7, 11) is 0. The Morgan fingerprint density at radius 2 is 1.93 bits per heavy atom. The third-order valence-electron chi connectivity index (χ3n) is 4.15. The number of ether oxygens (including phenoxy) is 1. The second-order valence-corrected chi connectivity index (χ2v) is 6.13. The van der Waals surface area contributed by atoms with Crippen molar-refractivity contribution in [3.63, 3.8) is 0 Å². The quantitative estimate of drug-likeness (QED) is 0.696. The maximum absolute atomic E-state index is 12.4. The lowest BCUT2D eigenvalue weighted by Crippen LogP contribution is -2.26. The highest BCUT2D eigenvalue weighted by atomic mass is 16.5. The van der Waals surface area contributed by atoms with Crippen LogP contribution in [0, 0.1) is 0 Å². The van der Waals surface area contributed by atoms with Gasteiger partial charge in [0.2, 0.25) is 0 Å². The second-order valence-electron chi connectivity index (χ2n) is 6.13. The van der Waals surface area contributed by atoms with Gasteiger partial charge in [-0.2, -0.15) is 0 Å². The first kappa shape index (κ1) is 18.5. The van der Waals surface area contributed by atoms with Gasteiger partial charge in [0.1, 0.15) is 11.5 Å². The maximum atomic E-state index is 12.4. The largest absolute Gasteiger partial charge is 0.494 e. The lowest BCUT2D eigenvalue weighted by atomic mass is 10.1. The molecule has 27 heavy (non-hydrogen) atoms. The molecule has 1 amide bonds. The van der Waals surface area contributed by atoms with E-state index in [1.807, 2.05) is 38.1 Å². The average Bonchev–Trinajstić information content (AvgIpc) is 3.13. The molecule has 0 saturated heterocycles. The number of benzene rings is 1. The van der Waals surface area contributed by atoms with Gasteiger partial charge < -0.3 is 19.0 Å². The van der Waals surface area contributed by atoms with Gasteiger partial charge in [0.25, 0.3) is 11.5 Å². The third kappa shape index (κ3) is 4.67. The molecule has 1 aromatic carbocycles. The van der Waals surface area contributed by atoms with Gasteiger partial charge in [0.15, 0.2) is 5.76 Å². The van der Waals surface area contributed by atoms with Crippen molar-refractivity contribution in [2.45, 2.75) is 26.4 Å². The molecular weight excluding hydrogens is 344 g/mol. The van der Waals surface area contributed by atoms with Crippen LogP contribution in [0.4, 0.5) is 0 Å². The van der Waals surface area contributed by atoms with Gasteiger partial charge >= 0.3 is 0 Å². The molecule has 1 unspecified atom stereocenters. The predicted octanol–water partition coefficient (Wildman–Crippen LogP) is 3.38. The highest BCUT2D eigenvalue weighted by Crippen LogP contribution is 2.18. The standard InChI is InChI=1S/C21H22N2O4/c1-3-26-17-9-7-16(8-10-17)15(2)22-21(25)19-12-11-18(27-19)14-23-13-5-4-6-20(23)24/h4-13,15H,3,14H2,1-2H3,(H,22,25). The number of hydrogen-bond donors (Lipinski definition) is 1. The summed E-state index contributed by atoms with van der Waals surface area (Å²) >= 11 is 0. The van der Waals surface area contributed by atoms with Crippen LogP contribution in [0.5, 0.6) is 5.75 Å². The highest BCUT2D eigenvalue weighted by molar-refractivity contribution is 5.91. The van der Waals surface area contributed by atoms with Crippen LogP contribution in [0.25, 0.3) is 0 Å². The van der Waals surface area contributed by atoms with Gasteiger partial charge in [-0.15, -0.1) is 0 Å². The molecule has 0 radical (unpaired) electrons. The first-order valence-corrected chi connectivity index (χ1v) is 8.84. The molecule has 0 aliphatic heterocycles. The first-order chi connectivity index (χ1) is 13.1. The Bertz CT molecular complexity index is 957. The van der Waals surface area contributed by atoms with Crippen molar-refractivity contribution in [3.05, 3.63) is 88.2 Å². The van der Waals surface area contributed by atoms with E-state index in [1.165, 1.54) is 10.6 Å². The summed E-state index contributed by atoms with van der Waals surface area (Å²) in [5, 5.41) is 2.91. The molecule has 140 valence electrons. The number of furan rings is 1. The molecule has 2 aromatic heterocycles. The number of amides is 1. The Labute approximate surface area is 157 Å². The van der Waals surface area contributed by atoms with Crippen LogP contribution < -0.4 is 15.6 Å². The minimum atomic E-state index is -0.303. The molecule has 0 saturated carbocycles. The molecule has 3 rings (SSSR count). The van der Waals surface area contributed by atoms with Gasteiger partial charge in [-0.05, 0) is 49.7 Å². The van der Waals surface area contributed by atoms with Crippen molar-refractivity contribution in [1.82, 2.24) is 9.88 Å². The van der Waals surface area contributed by atoms with Crippen LogP contribution in [-0.2, 0) is 6.54 Å². The van der Waals surface area contributed by atoms with Crippen LogP contribution >= 0.6 is 0 Å². The SMILES string of the molecule is CCOc1ccc(C(C)NC(=O)c2ccc(Cn3ccccc3=O)o2)cc1. The normalized spacial score (nSPS) is 11.8. The van der Waals surface area contributed by atoms with Crippen molar-refractivity contribution in [2.24, 2.45) is 0 Å². The van der Waals surface area contributed by atoms with E-state index in [0.717, 1.165) is 11.3 Å². The van der Waals surface area contributed by atoms with Gasteiger partial charge in [0.05, 0.1) is 19.2 Å². The Morgan fingerprint density at radius 3 is 2.63 bits per heavy atom. The number of rotatable bonds is 7. The van der Waals surface area contributed by atoms with E-state index < -0.39 is 0 Å². The van der Waals surface area contributed by atoms with Crippen LogP contribution in [-0.4, -0.2) is 17.1 Å². The summed E-state index contributed by atoms with van der Waals surface area (Å²) in [5.41, 5.74) is 0.846. The number of nitrogens with zero attached hydrogens (tertiary/aromatic N) is 1. The highest BCUT2D eigenvalue weighted by Gasteiger charge is 2.15. The minimum Gasteiger partial charge on any atom is -0.494 e. The molecule has 0 fully saturated rings. The summed E-state index contributed by atoms with van der Waals surface area (Å²) < 4.78 is 12.5. The summed E-state index contributed by atoms with van der Waals surface area (Å²) in [5.74, 6) is 1.25. The van der Waals surface area contributed by atoms with Crippen LogP contribution in [0.2, 0.25) is 0 Å². The van der Waals surface area contributed by atoms with E-state index in [1.54, 1.807) is 30.5 Å². The predicted molar refractivity (Wildman–Crippen MR) is 102 cm³/mol. The molecule has 0 aliphatic carbocycles. The molecule has 1 N–H and O–H groups in total. The molecule has 0 bridgehead atoms. The average molecular weight is 366 g/mol. The Kier molecular flexibility index (Phi) is 5.76. The molecule has 1 atom stereocenters. The molecule has 0 aliphatic rings. The van der Waals surface area contributed by atoms with Gasteiger partial charge in [-0.3, -0.25) is 9.59 Å². The van der Waals surface area contributed by atoms with Gasteiger partial charge in [0, 0.05) is 12.3 Å². The summed E-state index contributed by atoms with van der Waals surface area (Å²) in [4.78, 5) is 24.2. The lowest BCUT2D eigenvalue weighted by molar-refractivity contribution is 0.0910. The van der Waals surface area contributed by atoms with Crippen molar-refractivity contribution >= 4 is 5.91 Å².